The second-order valence-electron chi connectivity index (χ2n) is 0.838. The summed E-state index contributed by atoms with van der Waals surface area (Å²) in [6.45, 7) is 0. The largest absolute Gasteiger partial charge is 0.271 e. The summed E-state index contributed by atoms with van der Waals surface area (Å²) < 4.78 is 0.373. The minimum absolute atomic E-state index is 0.373. The molecule has 6 heavy (non-hydrogen) atoms. The molecule has 0 saturated carbocycles. The maximum Gasteiger partial charge on any atom is 0.182 e. The van der Waals surface area contributed by atoms with Gasteiger partial charge >= 0.3 is 0 Å². The SMILES string of the molecule is BrC1C=N[C]S1. The molecule has 1 atom stereocenters. The van der Waals surface area contributed by atoms with Gasteiger partial charge in [-0.05, 0) is 0 Å². The van der Waals surface area contributed by atoms with Gasteiger partial charge in [0.15, 0.2) is 5.88 Å². The maximum atomic E-state index is 3.71. The molecule has 1 aliphatic rings. The molecule has 0 spiro atoms. The van der Waals surface area contributed by atoms with E-state index in [1.165, 1.54) is 0 Å². The quantitative estimate of drug-likeness (QED) is 0.494. The highest BCUT2D eigenvalue weighted by Crippen LogP contribution is 2.23. The van der Waals surface area contributed by atoms with Crippen molar-refractivity contribution < 1.29 is 0 Å². The van der Waals surface area contributed by atoms with Gasteiger partial charge in [0, 0.05) is 6.21 Å². The molecule has 1 aliphatic heterocycles. The Morgan fingerprint density at radius 1 is 2.00 bits per heavy atom. The molecule has 0 saturated heterocycles. The number of hydrogen-bond donors (Lipinski definition) is 0. The van der Waals surface area contributed by atoms with E-state index in [-0.39, 0.29) is 0 Å². The fourth-order valence-electron chi connectivity index (χ4n) is 0.200. The number of hydrogen-bond acceptors (Lipinski definition) is 2. The lowest BCUT2D eigenvalue weighted by Crippen LogP contribution is -1.80. The Balaban J connectivity index is 2.38. The standard InChI is InChI=1S/C3H2BrNS/c4-3-1-5-2-6-3/h1,3H. The number of thioether (sulfide) groups is 1. The molecule has 1 heterocycles. The molecule has 1 nitrogen and oxygen atoms in total. The van der Waals surface area contributed by atoms with Gasteiger partial charge in [-0.25, -0.2) is 0 Å². The van der Waals surface area contributed by atoms with E-state index in [1.807, 2.05) is 0 Å². The Morgan fingerprint density at radius 2 is 2.83 bits per heavy atom. The van der Waals surface area contributed by atoms with Crippen molar-refractivity contribution in [2.75, 3.05) is 0 Å². The predicted octanol–water partition coefficient (Wildman–Crippen LogP) is 1.52. The van der Waals surface area contributed by atoms with Gasteiger partial charge in [0.05, 0.1) is 4.16 Å². The van der Waals surface area contributed by atoms with Crippen LogP contribution in [0.1, 0.15) is 0 Å². The van der Waals surface area contributed by atoms with Crippen LogP contribution in [0.5, 0.6) is 0 Å². The molecule has 1 unspecified atom stereocenters. The monoisotopic (exact) mass is 163 g/mol. The van der Waals surface area contributed by atoms with Crippen LogP contribution in [0.2, 0.25) is 0 Å². The molecule has 0 bridgehead atoms. The molecule has 0 aromatic heterocycles. The summed E-state index contributed by atoms with van der Waals surface area (Å²) in [4.78, 5) is 3.71. The molecule has 0 aromatic carbocycles. The number of alkyl halides is 1. The molecule has 0 aliphatic carbocycles. The molecule has 3 heteroatoms. The van der Waals surface area contributed by atoms with E-state index < -0.39 is 0 Å². The van der Waals surface area contributed by atoms with Crippen LogP contribution in [0.25, 0.3) is 0 Å². The summed E-state index contributed by atoms with van der Waals surface area (Å²) in [5, 5.41) is 0. The molecule has 0 N–H and O–H groups in total. The lowest BCUT2D eigenvalue weighted by atomic mass is 10.9. The smallest absolute Gasteiger partial charge is 0.182 e. The first kappa shape index (κ1) is 4.65. The second-order valence-corrected chi connectivity index (χ2v) is 3.36. The summed E-state index contributed by atoms with van der Waals surface area (Å²) >= 11 is 4.83. The minimum atomic E-state index is 0.373. The van der Waals surface area contributed by atoms with Gasteiger partial charge < -0.3 is 0 Å². The van der Waals surface area contributed by atoms with Crippen LogP contribution < -0.4 is 0 Å². The van der Waals surface area contributed by atoms with Gasteiger partial charge in [-0.1, -0.05) is 15.9 Å². The van der Waals surface area contributed by atoms with Crippen LogP contribution >= 0.6 is 27.7 Å². The average molecular weight is 164 g/mol. The van der Waals surface area contributed by atoms with Crippen LogP contribution in [-0.2, 0) is 0 Å². The summed E-state index contributed by atoms with van der Waals surface area (Å²) in [6, 6.07) is 0. The average Bonchev–Trinajstić information content (AvgIpc) is 1.86. The van der Waals surface area contributed by atoms with Gasteiger partial charge in [0.25, 0.3) is 0 Å². The Hall–Kier alpha value is 0.500. The number of rotatable bonds is 0. The van der Waals surface area contributed by atoms with Crippen LogP contribution in [0.15, 0.2) is 4.99 Å². The topological polar surface area (TPSA) is 12.4 Å². The van der Waals surface area contributed by atoms with Crippen molar-refractivity contribution in [3.8, 4) is 0 Å². The van der Waals surface area contributed by atoms with E-state index in [2.05, 4.69) is 26.8 Å². The fourth-order valence-corrected chi connectivity index (χ4v) is 0.913. The van der Waals surface area contributed by atoms with E-state index in [1.54, 1.807) is 18.0 Å². The third-order valence-corrected chi connectivity index (χ3v) is 1.76. The van der Waals surface area contributed by atoms with E-state index in [4.69, 9.17) is 0 Å². The zero-order valence-electron chi connectivity index (χ0n) is 2.89. The Morgan fingerprint density at radius 3 is 3.00 bits per heavy atom. The van der Waals surface area contributed by atoms with Crippen molar-refractivity contribution in [3.05, 3.63) is 5.88 Å². The highest BCUT2D eigenvalue weighted by molar-refractivity contribution is 9.11. The van der Waals surface area contributed by atoms with Crippen LogP contribution in [0.4, 0.5) is 0 Å². The van der Waals surface area contributed by atoms with Crippen LogP contribution in [-0.4, -0.2) is 10.4 Å². The highest BCUT2D eigenvalue weighted by Gasteiger charge is 2.04. The summed E-state index contributed by atoms with van der Waals surface area (Å²) in [6.07, 6.45) is 1.80. The highest BCUT2D eigenvalue weighted by atomic mass is 79.9. The van der Waals surface area contributed by atoms with Gasteiger partial charge in [0.2, 0.25) is 0 Å². The fraction of sp³-hybridized carbons (Fsp3) is 0.333. The molecule has 0 amide bonds. The predicted molar refractivity (Wildman–Crippen MR) is 32.0 cm³/mol. The molecule has 2 radical (unpaired) electrons. The van der Waals surface area contributed by atoms with E-state index in [0.717, 1.165) is 0 Å². The molecular formula is C3H2BrNS. The van der Waals surface area contributed by atoms with Crippen molar-refractivity contribution in [1.82, 2.24) is 0 Å². The van der Waals surface area contributed by atoms with Crippen molar-refractivity contribution >= 4 is 33.9 Å². The summed E-state index contributed by atoms with van der Waals surface area (Å²) in [5.41, 5.74) is 0. The molecule has 0 fully saturated rings. The number of aliphatic imine (C=N–C) groups is 1. The number of halogens is 1. The third-order valence-electron chi connectivity index (χ3n) is 0.410. The Bertz CT molecular complexity index is 73.2. The van der Waals surface area contributed by atoms with Gasteiger partial charge in [-0.3, -0.25) is 4.99 Å². The van der Waals surface area contributed by atoms with Crippen molar-refractivity contribution in [3.63, 3.8) is 0 Å². The Labute approximate surface area is 49.3 Å². The molecule has 0 aromatic rings. The van der Waals surface area contributed by atoms with Crippen molar-refractivity contribution in [2.45, 2.75) is 4.16 Å². The second kappa shape index (κ2) is 1.98. The van der Waals surface area contributed by atoms with Crippen molar-refractivity contribution in [2.24, 2.45) is 4.99 Å². The zero-order valence-corrected chi connectivity index (χ0v) is 5.29. The Kier molecular flexibility index (Phi) is 1.54. The number of nitrogens with zero attached hydrogens (tertiary/aromatic N) is 1. The third kappa shape index (κ3) is 0.980. The minimum Gasteiger partial charge on any atom is -0.271 e. The van der Waals surface area contributed by atoms with Gasteiger partial charge in [-0.15, -0.1) is 11.8 Å². The van der Waals surface area contributed by atoms with E-state index in [9.17, 15) is 0 Å². The van der Waals surface area contributed by atoms with Gasteiger partial charge in [-0.2, -0.15) is 0 Å². The van der Waals surface area contributed by atoms with E-state index >= 15 is 0 Å². The first-order valence-electron chi connectivity index (χ1n) is 1.47. The lowest BCUT2D eigenvalue weighted by molar-refractivity contribution is 1.59. The van der Waals surface area contributed by atoms with Gasteiger partial charge in [0.1, 0.15) is 0 Å². The van der Waals surface area contributed by atoms with E-state index in [0.29, 0.717) is 4.16 Å². The maximum absolute atomic E-state index is 3.71. The molecular weight excluding hydrogens is 162 g/mol. The zero-order chi connectivity index (χ0) is 4.41. The lowest BCUT2D eigenvalue weighted by Gasteiger charge is -1.83. The van der Waals surface area contributed by atoms with Crippen LogP contribution in [0, 0.1) is 5.88 Å². The van der Waals surface area contributed by atoms with Crippen LogP contribution in [0.3, 0.4) is 0 Å². The first-order valence-corrected chi connectivity index (χ1v) is 3.27. The van der Waals surface area contributed by atoms with Crippen molar-refractivity contribution in [1.29, 1.82) is 0 Å². The first-order chi connectivity index (χ1) is 2.89. The summed E-state index contributed by atoms with van der Waals surface area (Å²) in [7, 11) is 0. The molecule has 32 valence electrons. The molecule has 1 rings (SSSR count). The summed E-state index contributed by atoms with van der Waals surface area (Å²) in [5.74, 6) is 2.71. The normalized spacial score (nSPS) is 31.8.